The first-order valence-corrected chi connectivity index (χ1v) is 15.8. The van der Waals surface area contributed by atoms with Crippen molar-refractivity contribution in [3.05, 3.63) is 84.6 Å². The predicted octanol–water partition coefficient (Wildman–Crippen LogP) is 4.16. The number of ether oxygens (including phenoxy) is 3. The van der Waals surface area contributed by atoms with E-state index in [1.165, 1.54) is 6.08 Å². The molecule has 0 aliphatic carbocycles. The second-order valence-corrected chi connectivity index (χ2v) is 12.6. The maximum atomic E-state index is 13.0. The Morgan fingerprint density at radius 1 is 1.04 bits per heavy atom. The third kappa shape index (κ3) is 11.0. The Morgan fingerprint density at radius 2 is 1.72 bits per heavy atom. The van der Waals surface area contributed by atoms with Gasteiger partial charge in [-0.1, -0.05) is 93.7 Å². The standard InChI is InChI=1S/C36H53NO9/c1-8-9-12-19-31-35(5,6)30(39)23-36(43,46-31)26(4)34(42)37-21-16-15-17-24(2)33(44-7)25(3)29-22-27(38)28(45-29)18-13-10-11-14-20-32(40)41/h8-20,25-31,33,38-39,43H,21-23H2,1-7H3,(H,37,42)(H,40,41)/b9-8+,11-10+,16-15+,18-13+,19-12+,20-14+,24-17-/t25?,26-,27?,28?,29?,30-,31-,33?,36-/m0/s1. The molecule has 2 saturated heterocycles. The van der Waals surface area contributed by atoms with E-state index in [2.05, 4.69) is 5.32 Å². The molecule has 0 aromatic heterocycles. The minimum atomic E-state index is -1.83. The lowest BCUT2D eigenvalue weighted by Gasteiger charge is -2.50. The molecule has 5 N–H and O–H groups in total. The van der Waals surface area contributed by atoms with Crippen LogP contribution in [-0.2, 0) is 23.8 Å². The molecule has 2 heterocycles. The van der Waals surface area contributed by atoms with E-state index in [9.17, 15) is 24.9 Å². The van der Waals surface area contributed by atoms with Crippen molar-refractivity contribution in [1.82, 2.24) is 5.32 Å². The van der Waals surface area contributed by atoms with Crippen molar-refractivity contribution >= 4 is 11.9 Å². The summed E-state index contributed by atoms with van der Waals surface area (Å²) in [5.74, 6) is -4.24. The predicted molar refractivity (Wildman–Crippen MR) is 178 cm³/mol. The maximum absolute atomic E-state index is 13.0. The largest absolute Gasteiger partial charge is 0.478 e. The second kappa shape index (κ2) is 18.3. The fraction of sp³-hybridized carbons (Fsp3) is 0.556. The van der Waals surface area contributed by atoms with Crippen LogP contribution in [0.1, 0.15) is 54.4 Å². The first kappa shape index (κ1) is 39.1. The lowest BCUT2D eigenvalue weighted by Crippen LogP contribution is -2.60. The van der Waals surface area contributed by atoms with Crippen molar-refractivity contribution in [2.24, 2.45) is 17.3 Å². The highest BCUT2D eigenvalue weighted by Crippen LogP contribution is 2.43. The molecule has 0 saturated carbocycles. The molecule has 5 unspecified atom stereocenters. The van der Waals surface area contributed by atoms with Crippen LogP contribution in [0.2, 0.25) is 0 Å². The van der Waals surface area contributed by atoms with Gasteiger partial charge >= 0.3 is 5.97 Å². The van der Waals surface area contributed by atoms with Gasteiger partial charge in [0.15, 0.2) is 5.79 Å². The highest BCUT2D eigenvalue weighted by atomic mass is 16.6. The SMILES string of the molecule is C/C=C/C=C/[C@@H]1O[C@](O)([C@@H](C)C(=O)NC/C=C/C=C(/C)C(OC)C(C)C2CC(O)C(/C=C/C=C/C=C/C(=O)O)O2)C[C@H](O)C1(C)C. The van der Waals surface area contributed by atoms with Crippen molar-refractivity contribution in [3.8, 4) is 0 Å². The van der Waals surface area contributed by atoms with E-state index in [0.29, 0.717) is 6.42 Å². The lowest BCUT2D eigenvalue weighted by molar-refractivity contribution is -0.312. The van der Waals surface area contributed by atoms with Crippen LogP contribution in [0.3, 0.4) is 0 Å². The minimum Gasteiger partial charge on any atom is -0.478 e. The Kier molecular flexibility index (Phi) is 15.5. The van der Waals surface area contributed by atoms with E-state index < -0.39 is 53.4 Å². The molecule has 10 heteroatoms. The number of carbonyl (C=O) groups excluding carboxylic acids is 1. The molecule has 1 amide bonds. The molecule has 2 rings (SSSR count). The van der Waals surface area contributed by atoms with Crippen LogP contribution in [0.4, 0.5) is 0 Å². The molecule has 0 aromatic rings. The zero-order valence-corrected chi connectivity index (χ0v) is 28.1. The van der Waals surface area contributed by atoms with Crippen molar-refractivity contribution in [2.75, 3.05) is 13.7 Å². The number of aliphatic carboxylic acids is 1. The first-order chi connectivity index (χ1) is 21.7. The average Bonchev–Trinajstić information content (AvgIpc) is 3.37. The molecule has 2 fully saturated rings. The number of methoxy groups -OCH3 is 1. The highest BCUT2D eigenvalue weighted by molar-refractivity contribution is 5.80. The summed E-state index contributed by atoms with van der Waals surface area (Å²) in [5.41, 5.74) is 0.295. The molecule has 0 radical (unpaired) electrons. The zero-order chi connectivity index (χ0) is 34.5. The van der Waals surface area contributed by atoms with Gasteiger partial charge in [0.1, 0.15) is 6.10 Å². The highest BCUT2D eigenvalue weighted by Gasteiger charge is 2.53. The van der Waals surface area contributed by atoms with Crippen LogP contribution in [0, 0.1) is 17.3 Å². The Hall–Kier alpha value is -3.12. The van der Waals surface area contributed by atoms with Gasteiger partial charge < -0.3 is 40.0 Å². The zero-order valence-electron chi connectivity index (χ0n) is 28.1. The summed E-state index contributed by atoms with van der Waals surface area (Å²) < 4.78 is 17.9. The van der Waals surface area contributed by atoms with E-state index in [1.54, 1.807) is 56.6 Å². The van der Waals surface area contributed by atoms with Crippen molar-refractivity contribution in [3.63, 3.8) is 0 Å². The van der Waals surface area contributed by atoms with Gasteiger partial charge in [-0.3, -0.25) is 4.79 Å². The number of hydrogen-bond donors (Lipinski definition) is 5. The van der Waals surface area contributed by atoms with E-state index in [4.69, 9.17) is 19.3 Å². The van der Waals surface area contributed by atoms with Crippen LogP contribution < -0.4 is 5.32 Å². The summed E-state index contributed by atoms with van der Waals surface area (Å²) in [6.07, 6.45) is 19.2. The molecule has 256 valence electrons. The van der Waals surface area contributed by atoms with E-state index in [0.717, 1.165) is 11.6 Å². The molecule has 46 heavy (non-hydrogen) atoms. The summed E-state index contributed by atoms with van der Waals surface area (Å²) in [6.45, 7) is 11.4. The van der Waals surface area contributed by atoms with Crippen LogP contribution in [-0.4, -0.2) is 88.4 Å². The number of amides is 1. The van der Waals surface area contributed by atoms with Gasteiger partial charge in [-0.2, -0.15) is 0 Å². The van der Waals surface area contributed by atoms with Gasteiger partial charge in [0.2, 0.25) is 5.91 Å². The number of hydrogen-bond acceptors (Lipinski definition) is 8. The molecule has 9 atom stereocenters. The van der Waals surface area contributed by atoms with Crippen LogP contribution in [0.25, 0.3) is 0 Å². The third-order valence-electron chi connectivity index (χ3n) is 8.78. The van der Waals surface area contributed by atoms with Gasteiger partial charge in [-0.15, -0.1) is 0 Å². The number of carboxylic acid groups (broad SMARTS) is 1. The smallest absolute Gasteiger partial charge is 0.328 e. The molecule has 2 aliphatic rings. The number of rotatable bonds is 15. The number of carbonyl (C=O) groups is 2. The molecule has 0 bridgehead atoms. The van der Waals surface area contributed by atoms with E-state index >= 15 is 0 Å². The summed E-state index contributed by atoms with van der Waals surface area (Å²) in [5, 5.41) is 44.0. The summed E-state index contributed by atoms with van der Waals surface area (Å²) in [6, 6.07) is 0. The summed E-state index contributed by atoms with van der Waals surface area (Å²) >= 11 is 0. The van der Waals surface area contributed by atoms with Crippen molar-refractivity contribution < 1.29 is 44.2 Å². The topological polar surface area (TPSA) is 155 Å². The van der Waals surface area contributed by atoms with Gasteiger partial charge in [0.05, 0.1) is 36.4 Å². The normalized spacial score (nSPS) is 31.2. The minimum absolute atomic E-state index is 0.0643. The van der Waals surface area contributed by atoms with Crippen LogP contribution in [0.15, 0.2) is 84.6 Å². The fourth-order valence-electron chi connectivity index (χ4n) is 5.57. The average molecular weight is 644 g/mol. The fourth-order valence-corrected chi connectivity index (χ4v) is 5.57. The Labute approximate surface area is 273 Å². The van der Waals surface area contributed by atoms with Gasteiger partial charge in [-0.05, 0) is 26.3 Å². The lowest BCUT2D eigenvalue weighted by atomic mass is 9.73. The maximum Gasteiger partial charge on any atom is 0.328 e. The summed E-state index contributed by atoms with van der Waals surface area (Å²) in [4.78, 5) is 23.5. The van der Waals surface area contributed by atoms with Crippen molar-refractivity contribution in [2.45, 2.75) is 96.8 Å². The van der Waals surface area contributed by atoms with Gasteiger partial charge in [-0.25, -0.2) is 4.79 Å². The molecule has 10 nitrogen and oxygen atoms in total. The molecule has 0 aromatic carbocycles. The van der Waals surface area contributed by atoms with Crippen molar-refractivity contribution in [1.29, 1.82) is 0 Å². The molecular formula is C36H53NO9. The second-order valence-electron chi connectivity index (χ2n) is 12.6. The first-order valence-electron chi connectivity index (χ1n) is 15.8. The quantitative estimate of drug-likeness (QED) is 0.131. The van der Waals surface area contributed by atoms with Gasteiger partial charge in [0, 0.05) is 43.9 Å². The monoisotopic (exact) mass is 643 g/mol. The van der Waals surface area contributed by atoms with E-state index in [1.807, 2.05) is 58.9 Å². The molecule has 2 aliphatic heterocycles. The number of allylic oxidation sites excluding steroid dienone is 9. The van der Waals surface area contributed by atoms with Crippen LogP contribution >= 0.6 is 0 Å². The third-order valence-corrected chi connectivity index (χ3v) is 8.78. The number of aliphatic hydroxyl groups excluding tert-OH is 2. The number of aliphatic hydroxyl groups is 3. The Bertz CT molecular complexity index is 1210. The Morgan fingerprint density at radius 3 is 2.37 bits per heavy atom. The number of carboxylic acids is 1. The molecule has 0 spiro atoms. The number of nitrogens with one attached hydrogen (secondary N) is 1. The summed E-state index contributed by atoms with van der Waals surface area (Å²) in [7, 11) is 1.62. The van der Waals surface area contributed by atoms with E-state index in [-0.39, 0.29) is 31.1 Å². The van der Waals surface area contributed by atoms with Crippen LogP contribution in [0.5, 0.6) is 0 Å². The Balaban J connectivity index is 1.93. The molecular weight excluding hydrogens is 590 g/mol. The van der Waals surface area contributed by atoms with Gasteiger partial charge in [0.25, 0.3) is 0 Å².